The number of aromatic nitrogens is 2. The van der Waals surface area contributed by atoms with Crippen molar-refractivity contribution in [1.29, 1.82) is 0 Å². The Morgan fingerprint density at radius 1 is 1.53 bits per heavy atom. The van der Waals surface area contributed by atoms with Gasteiger partial charge in [0.2, 0.25) is 0 Å². The van der Waals surface area contributed by atoms with E-state index in [1.165, 1.54) is 0 Å². The highest BCUT2D eigenvalue weighted by Crippen LogP contribution is 2.19. The van der Waals surface area contributed by atoms with E-state index in [0.29, 0.717) is 5.15 Å². The molecule has 0 atom stereocenters. The lowest BCUT2D eigenvalue weighted by Crippen LogP contribution is -2.16. The van der Waals surface area contributed by atoms with E-state index in [1.54, 1.807) is 4.68 Å². The number of aliphatic hydroxyl groups is 1. The lowest BCUT2D eigenvalue weighted by Gasteiger charge is -2.03. The number of rotatable bonds is 6. The molecule has 1 aromatic rings. The van der Waals surface area contributed by atoms with Gasteiger partial charge >= 0.3 is 0 Å². The maximum Gasteiger partial charge on any atom is 0.131 e. The van der Waals surface area contributed by atoms with E-state index < -0.39 is 0 Å². The number of hydrogen-bond donors (Lipinski definition) is 2. The second-order valence-corrected chi connectivity index (χ2v) is 3.81. The molecule has 1 rings (SSSR count). The summed E-state index contributed by atoms with van der Waals surface area (Å²) in [6.07, 6.45) is 1.65. The third-order valence-corrected chi connectivity index (χ3v) is 2.77. The number of nitrogens with zero attached hydrogens (tertiary/aromatic N) is 2. The summed E-state index contributed by atoms with van der Waals surface area (Å²) in [4.78, 5) is 0. The number of aliphatic hydroxyl groups excluding tert-OH is 1. The quantitative estimate of drug-likeness (QED) is 0.722. The van der Waals surface area contributed by atoms with E-state index in [-0.39, 0.29) is 6.61 Å². The van der Waals surface area contributed by atoms with Gasteiger partial charge in [0.25, 0.3) is 0 Å². The molecule has 5 heteroatoms. The van der Waals surface area contributed by atoms with E-state index in [9.17, 15) is 0 Å². The van der Waals surface area contributed by atoms with Crippen LogP contribution in [-0.4, -0.2) is 28.0 Å². The van der Waals surface area contributed by atoms with E-state index in [2.05, 4.69) is 17.3 Å². The summed E-state index contributed by atoms with van der Waals surface area (Å²) in [7, 11) is 1.85. The molecule has 0 aliphatic heterocycles. The van der Waals surface area contributed by atoms with Crippen LogP contribution in [0.1, 0.15) is 24.6 Å². The summed E-state index contributed by atoms with van der Waals surface area (Å²) >= 11 is 6.12. The molecule has 0 fully saturated rings. The van der Waals surface area contributed by atoms with Crippen molar-refractivity contribution in [2.45, 2.75) is 26.3 Å². The minimum atomic E-state index is 0.217. The Hall–Kier alpha value is -0.580. The Morgan fingerprint density at radius 2 is 2.27 bits per heavy atom. The Morgan fingerprint density at radius 3 is 2.87 bits per heavy atom. The molecule has 15 heavy (non-hydrogen) atoms. The highest BCUT2D eigenvalue weighted by atomic mass is 35.5. The van der Waals surface area contributed by atoms with Crippen molar-refractivity contribution >= 4 is 11.6 Å². The monoisotopic (exact) mass is 231 g/mol. The van der Waals surface area contributed by atoms with Crippen LogP contribution in [0, 0.1) is 0 Å². The third-order valence-electron chi connectivity index (χ3n) is 2.30. The van der Waals surface area contributed by atoms with Crippen molar-refractivity contribution in [2.24, 2.45) is 7.05 Å². The van der Waals surface area contributed by atoms with Gasteiger partial charge in [-0.3, -0.25) is 4.68 Å². The molecule has 0 unspecified atom stereocenters. The van der Waals surface area contributed by atoms with E-state index >= 15 is 0 Å². The van der Waals surface area contributed by atoms with Gasteiger partial charge in [0.05, 0.1) is 5.69 Å². The average molecular weight is 232 g/mol. The van der Waals surface area contributed by atoms with Crippen LogP contribution in [-0.2, 0) is 20.0 Å². The summed E-state index contributed by atoms with van der Waals surface area (Å²) in [5.74, 6) is 0. The van der Waals surface area contributed by atoms with Crippen LogP contribution in [0.25, 0.3) is 0 Å². The van der Waals surface area contributed by atoms with Gasteiger partial charge in [0.15, 0.2) is 0 Å². The van der Waals surface area contributed by atoms with Crippen LogP contribution in [0.3, 0.4) is 0 Å². The first-order chi connectivity index (χ1) is 7.20. The van der Waals surface area contributed by atoms with Crippen molar-refractivity contribution in [2.75, 3.05) is 13.2 Å². The molecule has 4 nitrogen and oxygen atoms in total. The smallest absolute Gasteiger partial charge is 0.131 e. The summed E-state index contributed by atoms with van der Waals surface area (Å²) in [5.41, 5.74) is 2.11. The van der Waals surface area contributed by atoms with Crippen LogP contribution >= 0.6 is 11.6 Å². The van der Waals surface area contributed by atoms with Crippen molar-refractivity contribution in [3.05, 3.63) is 16.4 Å². The van der Waals surface area contributed by atoms with Gasteiger partial charge in [-0.05, 0) is 19.4 Å². The molecule has 0 aromatic carbocycles. The Kier molecular flexibility index (Phi) is 5.08. The Bertz CT molecular complexity index is 312. The fourth-order valence-electron chi connectivity index (χ4n) is 1.48. The van der Waals surface area contributed by atoms with Gasteiger partial charge in [-0.2, -0.15) is 5.10 Å². The zero-order valence-electron chi connectivity index (χ0n) is 9.26. The number of halogens is 1. The number of nitrogens with one attached hydrogen (secondary N) is 1. The molecule has 0 aliphatic carbocycles. The lowest BCUT2D eigenvalue weighted by molar-refractivity contribution is 0.286. The predicted molar refractivity (Wildman–Crippen MR) is 61.0 cm³/mol. The minimum Gasteiger partial charge on any atom is -0.396 e. The van der Waals surface area contributed by atoms with Crippen molar-refractivity contribution in [3.8, 4) is 0 Å². The molecular weight excluding hydrogens is 214 g/mol. The molecule has 0 radical (unpaired) electrons. The molecular formula is C10H18ClN3O. The van der Waals surface area contributed by atoms with E-state index in [1.807, 2.05) is 7.05 Å². The van der Waals surface area contributed by atoms with Crippen molar-refractivity contribution in [1.82, 2.24) is 15.1 Å². The van der Waals surface area contributed by atoms with Crippen LogP contribution < -0.4 is 5.32 Å². The average Bonchev–Trinajstić information content (AvgIpc) is 2.51. The van der Waals surface area contributed by atoms with Gasteiger partial charge in [-0.25, -0.2) is 0 Å². The predicted octanol–water partition coefficient (Wildman–Crippen LogP) is 1.11. The first-order valence-electron chi connectivity index (χ1n) is 5.22. The SMILES string of the molecule is CCc1nn(C)c(Cl)c1CNCCCO. The topological polar surface area (TPSA) is 50.1 Å². The summed E-state index contributed by atoms with van der Waals surface area (Å²) in [5, 5.41) is 16.9. The molecule has 0 saturated heterocycles. The van der Waals surface area contributed by atoms with Crippen LogP contribution in [0.4, 0.5) is 0 Å². The molecule has 0 aliphatic rings. The van der Waals surface area contributed by atoms with Gasteiger partial charge in [0, 0.05) is 25.8 Å². The zero-order valence-corrected chi connectivity index (χ0v) is 10.0. The second-order valence-electron chi connectivity index (χ2n) is 3.45. The first kappa shape index (κ1) is 12.5. The number of hydrogen-bond acceptors (Lipinski definition) is 3. The first-order valence-corrected chi connectivity index (χ1v) is 5.60. The van der Waals surface area contributed by atoms with Crippen LogP contribution in [0.15, 0.2) is 0 Å². The fourth-order valence-corrected chi connectivity index (χ4v) is 1.69. The molecule has 2 N–H and O–H groups in total. The second kappa shape index (κ2) is 6.10. The van der Waals surface area contributed by atoms with Gasteiger partial charge in [0.1, 0.15) is 5.15 Å². The molecule has 0 saturated carbocycles. The van der Waals surface area contributed by atoms with Crippen LogP contribution in [0.5, 0.6) is 0 Å². The standard InChI is InChI=1S/C10H18ClN3O/c1-3-9-8(7-12-5-4-6-15)10(11)14(2)13-9/h12,15H,3-7H2,1-2H3. The Labute approximate surface area is 95.2 Å². The van der Waals surface area contributed by atoms with Gasteiger partial charge in [-0.15, -0.1) is 0 Å². The van der Waals surface area contributed by atoms with Crippen molar-refractivity contribution in [3.63, 3.8) is 0 Å². The highest BCUT2D eigenvalue weighted by molar-refractivity contribution is 6.30. The maximum atomic E-state index is 8.64. The summed E-state index contributed by atoms with van der Waals surface area (Å²) in [6.45, 7) is 3.80. The zero-order chi connectivity index (χ0) is 11.3. The largest absolute Gasteiger partial charge is 0.396 e. The summed E-state index contributed by atoms with van der Waals surface area (Å²) in [6, 6.07) is 0. The van der Waals surface area contributed by atoms with E-state index in [0.717, 1.165) is 37.2 Å². The molecule has 0 spiro atoms. The van der Waals surface area contributed by atoms with Crippen LogP contribution in [0.2, 0.25) is 5.15 Å². The minimum absolute atomic E-state index is 0.217. The fraction of sp³-hybridized carbons (Fsp3) is 0.700. The van der Waals surface area contributed by atoms with Crippen molar-refractivity contribution < 1.29 is 5.11 Å². The Balaban J connectivity index is 2.58. The maximum absolute atomic E-state index is 8.64. The molecule has 1 heterocycles. The van der Waals surface area contributed by atoms with E-state index in [4.69, 9.17) is 16.7 Å². The molecule has 86 valence electrons. The van der Waals surface area contributed by atoms with Gasteiger partial charge < -0.3 is 10.4 Å². The lowest BCUT2D eigenvalue weighted by atomic mass is 10.2. The normalized spacial score (nSPS) is 10.9. The highest BCUT2D eigenvalue weighted by Gasteiger charge is 2.11. The molecule has 0 bridgehead atoms. The third kappa shape index (κ3) is 3.19. The summed E-state index contributed by atoms with van der Waals surface area (Å²) < 4.78 is 1.70. The molecule has 0 amide bonds. The van der Waals surface area contributed by atoms with Gasteiger partial charge in [-0.1, -0.05) is 18.5 Å². The number of aryl methyl sites for hydroxylation is 2. The molecule has 1 aromatic heterocycles.